The number of nitrogens with zero attached hydrogens (tertiary/aromatic N) is 2. The molecular weight excluding hydrogens is 438 g/mol. The SMILES string of the molecule is COc1cc(C(=O)N2CCN(CCNc3cc(=O)oc4ccccc34)CC2)cc(OC)c1OC. The fourth-order valence-corrected chi connectivity index (χ4v) is 4.17. The van der Waals surface area contributed by atoms with Crippen LogP contribution in [0.5, 0.6) is 17.2 Å². The Bertz CT molecular complexity index is 1190. The van der Waals surface area contributed by atoms with Gasteiger partial charge in [0.25, 0.3) is 5.91 Å². The number of hydrogen-bond acceptors (Lipinski definition) is 8. The van der Waals surface area contributed by atoms with E-state index in [0.29, 0.717) is 48.0 Å². The van der Waals surface area contributed by atoms with Gasteiger partial charge in [-0.25, -0.2) is 4.79 Å². The van der Waals surface area contributed by atoms with Crippen LogP contribution in [0.15, 0.2) is 51.7 Å². The first kappa shape index (κ1) is 23.4. The maximum atomic E-state index is 13.1. The quantitative estimate of drug-likeness (QED) is 0.506. The minimum atomic E-state index is -0.375. The highest BCUT2D eigenvalue weighted by atomic mass is 16.5. The molecule has 180 valence electrons. The number of nitrogens with one attached hydrogen (secondary N) is 1. The summed E-state index contributed by atoms with van der Waals surface area (Å²) < 4.78 is 21.3. The molecule has 1 aliphatic heterocycles. The smallest absolute Gasteiger partial charge is 0.338 e. The molecule has 2 aromatic carbocycles. The fraction of sp³-hybridized carbons (Fsp3) is 0.360. The molecule has 9 heteroatoms. The van der Waals surface area contributed by atoms with Gasteiger partial charge in [-0.05, 0) is 24.3 Å². The van der Waals surface area contributed by atoms with Crippen molar-refractivity contribution >= 4 is 22.6 Å². The van der Waals surface area contributed by atoms with E-state index in [-0.39, 0.29) is 11.5 Å². The van der Waals surface area contributed by atoms with Crippen LogP contribution >= 0.6 is 0 Å². The van der Waals surface area contributed by atoms with Crippen LogP contribution in [-0.2, 0) is 0 Å². The summed E-state index contributed by atoms with van der Waals surface area (Å²) in [7, 11) is 4.59. The molecule has 0 spiro atoms. The number of ether oxygens (including phenoxy) is 3. The minimum absolute atomic E-state index is 0.0699. The van der Waals surface area contributed by atoms with E-state index in [2.05, 4.69) is 10.2 Å². The lowest BCUT2D eigenvalue weighted by Gasteiger charge is -2.35. The first-order chi connectivity index (χ1) is 16.5. The summed E-state index contributed by atoms with van der Waals surface area (Å²) in [5, 5.41) is 4.23. The van der Waals surface area contributed by atoms with Crippen LogP contribution in [0.2, 0.25) is 0 Å². The van der Waals surface area contributed by atoms with Gasteiger partial charge in [0.1, 0.15) is 5.58 Å². The van der Waals surface area contributed by atoms with Gasteiger partial charge < -0.3 is 28.8 Å². The van der Waals surface area contributed by atoms with E-state index >= 15 is 0 Å². The van der Waals surface area contributed by atoms with E-state index in [0.717, 1.165) is 30.7 Å². The lowest BCUT2D eigenvalue weighted by molar-refractivity contribution is 0.0641. The van der Waals surface area contributed by atoms with Crippen LogP contribution in [-0.4, -0.2) is 76.3 Å². The van der Waals surface area contributed by atoms with Crippen molar-refractivity contribution in [3.05, 3.63) is 58.4 Å². The zero-order chi connectivity index (χ0) is 24.1. The molecule has 1 amide bonds. The van der Waals surface area contributed by atoms with E-state index in [1.54, 1.807) is 18.2 Å². The van der Waals surface area contributed by atoms with Gasteiger partial charge in [-0.15, -0.1) is 0 Å². The van der Waals surface area contributed by atoms with Gasteiger partial charge in [0.2, 0.25) is 5.75 Å². The monoisotopic (exact) mass is 467 g/mol. The van der Waals surface area contributed by atoms with Crippen LogP contribution in [0, 0.1) is 0 Å². The summed E-state index contributed by atoms with van der Waals surface area (Å²) >= 11 is 0. The summed E-state index contributed by atoms with van der Waals surface area (Å²) in [6.07, 6.45) is 0. The first-order valence-electron chi connectivity index (χ1n) is 11.1. The van der Waals surface area contributed by atoms with Crippen LogP contribution in [0.1, 0.15) is 10.4 Å². The Morgan fingerprint density at radius 3 is 2.29 bits per heavy atom. The molecule has 0 saturated carbocycles. The molecule has 1 aliphatic rings. The summed E-state index contributed by atoms with van der Waals surface area (Å²) in [5.41, 5.74) is 1.46. The Morgan fingerprint density at radius 1 is 0.971 bits per heavy atom. The number of benzene rings is 2. The molecule has 34 heavy (non-hydrogen) atoms. The third-order valence-electron chi connectivity index (χ3n) is 5.96. The summed E-state index contributed by atoms with van der Waals surface area (Å²) in [6.45, 7) is 4.22. The molecule has 0 aliphatic carbocycles. The van der Waals surface area contributed by atoms with Gasteiger partial charge in [0.15, 0.2) is 11.5 Å². The van der Waals surface area contributed by atoms with E-state index in [1.165, 1.54) is 27.4 Å². The molecule has 1 aromatic heterocycles. The highest BCUT2D eigenvalue weighted by molar-refractivity contribution is 5.95. The topological polar surface area (TPSA) is 93.5 Å². The predicted molar refractivity (Wildman–Crippen MR) is 129 cm³/mol. The number of para-hydroxylation sites is 1. The number of anilines is 1. The maximum Gasteiger partial charge on any atom is 0.338 e. The number of carbonyl (C=O) groups excluding carboxylic acids is 1. The molecule has 1 N–H and O–H groups in total. The first-order valence-corrected chi connectivity index (χ1v) is 11.1. The summed E-state index contributed by atoms with van der Waals surface area (Å²) in [5.74, 6) is 1.30. The molecule has 3 aromatic rings. The van der Waals surface area contributed by atoms with Gasteiger partial charge in [-0.2, -0.15) is 0 Å². The van der Waals surface area contributed by atoms with E-state index in [4.69, 9.17) is 18.6 Å². The van der Waals surface area contributed by atoms with Crippen molar-refractivity contribution in [2.75, 3.05) is 65.9 Å². The average molecular weight is 468 g/mol. The van der Waals surface area contributed by atoms with Crippen molar-refractivity contribution in [2.45, 2.75) is 0 Å². The van der Waals surface area contributed by atoms with Gasteiger partial charge in [-0.1, -0.05) is 12.1 Å². The highest BCUT2D eigenvalue weighted by Crippen LogP contribution is 2.38. The second-order valence-electron chi connectivity index (χ2n) is 7.95. The van der Waals surface area contributed by atoms with Crippen LogP contribution < -0.4 is 25.2 Å². The highest BCUT2D eigenvalue weighted by Gasteiger charge is 2.24. The second kappa shape index (κ2) is 10.5. The predicted octanol–water partition coefficient (Wildman–Crippen LogP) is 2.69. The van der Waals surface area contributed by atoms with E-state index in [1.807, 2.05) is 23.1 Å². The van der Waals surface area contributed by atoms with Gasteiger partial charge in [0, 0.05) is 56.3 Å². The number of methoxy groups -OCH3 is 3. The largest absolute Gasteiger partial charge is 0.493 e. The van der Waals surface area contributed by atoms with Crippen molar-refractivity contribution < 1.29 is 23.4 Å². The standard InChI is InChI=1S/C25H29N3O6/c1-31-21-14-17(15-22(32-2)24(21)33-3)25(30)28-12-10-27(11-13-28)9-8-26-19-16-23(29)34-20-7-5-4-6-18(19)20/h4-7,14-16,26H,8-13H2,1-3H3. The number of hydrogen-bond donors (Lipinski definition) is 1. The van der Waals surface area contributed by atoms with Crippen molar-refractivity contribution in [1.82, 2.24) is 9.80 Å². The molecule has 0 radical (unpaired) electrons. The second-order valence-corrected chi connectivity index (χ2v) is 7.95. The molecule has 0 unspecified atom stereocenters. The lowest BCUT2D eigenvalue weighted by Crippen LogP contribution is -2.49. The Balaban J connectivity index is 1.33. The molecule has 9 nitrogen and oxygen atoms in total. The van der Waals surface area contributed by atoms with Crippen molar-refractivity contribution in [1.29, 1.82) is 0 Å². The zero-order valence-electron chi connectivity index (χ0n) is 19.6. The molecular formula is C25H29N3O6. The third-order valence-corrected chi connectivity index (χ3v) is 5.96. The maximum absolute atomic E-state index is 13.1. The lowest BCUT2D eigenvalue weighted by atomic mass is 10.1. The van der Waals surface area contributed by atoms with Crippen molar-refractivity contribution in [3.63, 3.8) is 0 Å². The molecule has 1 saturated heterocycles. The van der Waals surface area contributed by atoms with Crippen LogP contribution in [0.3, 0.4) is 0 Å². The Hall–Kier alpha value is -3.72. The minimum Gasteiger partial charge on any atom is -0.493 e. The number of amides is 1. The number of rotatable bonds is 8. The Morgan fingerprint density at radius 2 is 1.65 bits per heavy atom. The average Bonchev–Trinajstić information content (AvgIpc) is 2.87. The normalized spacial score (nSPS) is 14.1. The molecule has 2 heterocycles. The molecule has 4 rings (SSSR count). The van der Waals surface area contributed by atoms with Gasteiger partial charge in [0.05, 0.1) is 27.0 Å². The van der Waals surface area contributed by atoms with Gasteiger partial charge >= 0.3 is 5.63 Å². The van der Waals surface area contributed by atoms with E-state index in [9.17, 15) is 9.59 Å². The summed E-state index contributed by atoms with van der Waals surface area (Å²) in [6, 6.07) is 12.3. The zero-order valence-corrected chi connectivity index (χ0v) is 19.6. The molecule has 0 atom stereocenters. The fourth-order valence-electron chi connectivity index (χ4n) is 4.17. The van der Waals surface area contributed by atoms with Crippen LogP contribution in [0.4, 0.5) is 5.69 Å². The number of carbonyl (C=O) groups is 1. The number of fused-ring (bicyclic) bond motifs is 1. The van der Waals surface area contributed by atoms with Crippen molar-refractivity contribution in [2.24, 2.45) is 0 Å². The van der Waals surface area contributed by atoms with Crippen molar-refractivity contribution in [3.8, 4) is 17.2 Å². The third kappa shape index (κ3) is 4.94. The Kier molecular flexibility index (Phi) is 7.22. The number of piperazine rings is 1. The molecule has 1 fully saturated rings. The van der Waals surface area contributed by atoms with E-state index < -0.39 is 0 Å². The summed E-state index contributed by atoms with van der Waals surface area (Å²) in [4.78, 5) is 29.1. The van der Waals surface area contributed by atoms with Crippen LogP contribution in [0.25, 0.3) is 11.0 Å². The molecule has 0 bridgehead atoms. The Labute approximate surface area is 197 Å². The van der Waals surface area contributed by atoms with Gasteiger partial charge in [-0.3, -0.25) is 9.69 Å².